The van der Waals surface area contributed by atoms with Crippen LogP contribution in [-0.2, 0) is 13.1 Å². The molecule has 6 heteroatoms. The molecule has 0 saturated carbocycles. The van der Waals surface area contributed by atoms with Crippen LogP contribution in [0.25, 0.3) is 0 Å². The fourth-order valence-corrected chi connectivity index (χ4v) is 4.38. The van der Waals surface area contributed by atoms with Gasteiger partial charge in [-0.25, -0.2) is 0 Å². The van der Waals surface area contributed by atoms with Gasteiger partial charge in [0.15, 0.2) is 5.76 Å². The van der Waals surface area contributed by atoms with Crippen molar-refractivity contribution in [3.63, 3.8) is 0 Å². The maximum atomic E-state index is 5.54. The van der Waals surface area contributed by atoms with Crippen LogP contribution in [0.3, 0.4) is 0 Å². The molecule has 0 aromatic carbocycles. The van der Waals surface area contributed by atoms with E-state index in [9.17, 15) is 0 Å². The highest BCUT2D eigenvalue weighted by atomic mass is 16.5. The van der Waals surface area contributed by atoms with Crippen LogP contribution in [0.4, 0.5) is 0 Å². The van der Waals surface area contributed by atoms with Crippen LogP contribution < -0.4 is 0 Å². The number of hydrogen-bond acceptors (Lipinski definition) is 5. The summed E-state index contributed by atoms with van der Waals surface area (Å²) in [5, 5.41) is 8.74. The molecule has 2 saturated heterocycles. The van der Waals surface area contributed by atoms with Gasteiger partial charge in [-0.05, 0) is 59.2 Å². The van der Waals surface area contributed by atoms with Crippen LogP contribution in [-0.4, -0.2) is 50.9 Å². The molecule has 0 radical (unpaired) electrons. The lowest BCUT2D eigenvalue weighted by molar-refractivity contribution is 0.205. The van der Waals surface area contributed by atoms with E-state index in [1.54, 1.807) is 0 Å². The molecule has 6 nitrogen and oxygen atoms in total. The maximum Gasteiger partial charge on any atom is 0.154 e. The van der Waals surface area contributed by atoms with Crippen molar-refractivity contribution in [3.8, 4) is 0 Å². The molecular formula is C20H31N5O. The second-order valence-electron chi connectivity index (χ2n) is 7.88. The van der Waals surface area contributed by atoms with Gasteiger partial charge >= 0.3 is 0 Å². The minimum Gasteiger partial charge on any atom is -0.359 e. The van der Waals surface area contributed by atoms with Crippen LogP contribution in [0.15, 0.2) is 16.8 Å². The molecule has 4 heterocycles. The van der Waals surface area contributed by atoms with E-state index in [4.69, 9.17) is 4.52 Å². The summed E-state index contributed by atoms with van der Waals surface area (Å²) in [7, 11) is 0. The largest absolute Gasteiger partial charge is 0.359 e. The van der Waals surface area contributed by atoms with Crippen molar-refractivity contribution < 1.29 is 4.52 Å². The first kappa shape index (κ1) is 17.7. The Labute approximate surface area is 156 Å². The zero-order chi connectivity index (χ0) is 17.9. The predicted octanol–water partition coefficient (Wildman–Crippen LogP) is 3.31. The molecule has 0 aliphatic carbocycles. The smallest absolute Gasteiger partial charge is 0.154 e. The molecule has 2 aliphatic heterocycles. The molecule has 0 unspecified atom stereocenters. The monoisotopic (exact) mass is 357 g/mol. The van der Waals surface area contributed by atoms with E-state index in [0.29, 0.717) is 6.04 Å². The van der Waals surface area contributed by atoms with Gasteiger partial charge in [0.05, 0.1) is 24.5 Å². The van der Waals surface area contributed by atoms with Crippen molar-refractivity contribution in [1.29, 1.82) is 0 Å². The quantitative estimate of drug-likeness (QED) is 0.794. The summed E-state index contributed by atoms with van der Waals surface area (Å²) >= 11 is 0. The van der Waals surface area contributed by atoms with Gasteiger partial charge in [-0.15, -0.1) is 0 Å². The van der Waals surface area contributed by atoms with E-state index < -0.39 is 0 Å². The number of hydrogen-bond donors (Lipinski definition) is 0. The van der Waals surface area contributed by atoms with E-state index in [0.717, 1.165) is 44.1 Å². The SMILES string of the molecule is Cc1cc([C@H]2CCCN2Cc2cnn(CCN3CCCCC3)c2C)on1. The lowest BCUT2D eigenvalue weighted by Crippen LogP contribution is -2.33. The number of likely N-dealkylation sites (tertiary alicyclic amines) is 2. The van der Waals surface area contributed by atoms with Crippen LogP contribution in [0.2, 0.25) is 0 Å². The Morgan fingerprint density at radius 3 is 2.69 bits per heavy atom. The summed E-state index contributed by atoms with van der Waals surface area (Å²) < 4.78 is 7.73. The molecule has 0 spiro atoms. The Morgan fingerprint density at radius 2 is 1.92 bits per heavy atom. The summed E-state index contributed by atoms with van der Waals surface area (Å²) in [5.41, 5.74) is 3.61. The minimum atomic E-state index is 0.354. The number of nitrogens with zero attached hydrogens (tertiary/aromatic N) is 5. The third-order valence-corrected chi connectivity index (χ3v) is 5.99. The topological polar surface area (TPSA) is 50.3 Å². The summed E-state index contributed by atoms with van der Waals surface area (Å²) in [5.74, 6) is 1.01. The lowest BCUT2D eigenvalue weighted by atomic mass is 10.1. The summed E-state index contributed by atoms with van der Waals surface area (Å²) in [6.45, 7) is 10.9. The average Bonchev–Trinajstić information content (AvgIpc) is 3.36. The third kappa shape index (κ3) is 3.86. The second kappa shape index (κ2) is 7.92. The molecule has 4 rings (SSSR count). The molecule has 2 fully saturated rings. The van der Waals surface area contributed by atoms with E-state index in [1.165, 1.54) is 50.0 Å². The molecule has 0 bridgehead atoms. The Hall–Kier alpha value is -1.66. The van der Waals surface area contributed by atoms with E-state index in [2.05, 4.69) is 43.9 Å². The fourth-order valence-electron chi connectivity index (χ4n) is 4.38. The average molecular weight is 358 g/mol. The van der Waals surface area contributed by atoms with Crippen molar-refractivity contribution >= 4 is 0 Å². The lowest BCUT2D eigenvalue weighted by Gasteiger charge is -2.26. The molecular weight excluding hydrogens is 326 g/mol. The Balaban J connectivity index is 1.38. The zero-order valence-electron chi connectivity index (χ0n) is 16.2. The number of piperidine rings is 1. The van der Waals surface area contributed by atoms with E-state index in [1.807, 2.05) is 6.92 Å². The maximum absolute atomic E-state index is 5.54. The van der Waals surface area contributed by atoms with Crippen LogP contribution >= 0.6 is 0 Å². The minimum absolute atomic E-state index is 0.354. The Morgan fingerprint density at radius 1 is 1.08 bits per heavy atom. The van der Waals surface area contributed by atoms with E-state index >= 15 is 0 Å². The summed E-state index contributed by atoms with van der Waals surface area (Å²) in [6, 6.07) is 2.44. The molecule has 2 aromatic heterocycles. The van der Waals surface area contributed by atoms with Gasteiger partial charge in [0.25, 0.3) is 0 Å². The predicted molar refractivity (Wildman–Crippen MR) is 101 cm³/mol. The Kier molecular flexibility index (Phi) is 5.41. The first-order chi connectivity index (χ1) is 12.7. The van der Waals surface area contributed by atoms with Crippen LogP contribution in [0.1, 0.15) is 60.9 Å². The van der Waals surface area contributed by atoms with Crippen molar-refractivity contribution in [2.45, 2.75) is 65.1 Å². The van der Waals surface area contributed by atoms with Gasteiger partial charge in [-0.3, -0.25) is 9.58 Å². The summed E-state index contributed by atoms with van der Waals surface area (Å²) in [4.78, 5) is 5.09. The highest BCUT2D eigenvalue weighted by molar-refractivity contribution is 5.18. The first-order valence-electron chi connectivity index (χ1n) is 10.1. The summed E-state index contributed by atoms with van der Waals surface area (Å²) in [6.07, 6.45) is 8.51. The second-order valence-corrected chi connectivity index (χ2v) is 7.88. The molecule has 0 amide bonds. The first-order valence-corrected chi connectivity index (χ1v) is 10.1. The number of aromatic nitrogens is 3. The van der Waals surface area contributed by atoms with Gasteiger partial charge in [-0.2, -0.15) is 5.10 Å². The number of rotatable bonds is 6. The van der Waals surface area contributed by atoms with Gasteiger partial charge in [0, 0.05) is 30.4 Å². The van der Waals surface area contributed by atoms with E-state index in [-0.39, 0.29) is 0 Å². The molecule has 142 valence electrons. The van der Waals surface area contributed by atoms with Crippen molar-refractivity contribution in [2.24, 2.45) is 0 Å². The van der Waals surface area contributed by atoms with Crippen molar-refractivity contribution in [2.75, 3.05) is 26.2 Å². The molecule has 2 aromatic rings. The molecule has 0 N–H and O–H groups in total. The normalized spacial score (nSPS) is 22.3. The zero-order valence-corrected chi connectivity index (χ0v) is 16.2. The van der Waals surface area contributed by atoms with Gasteiger partial charge in [0.2, 0.25) is 0 Å². The standard InChI is InChI=1S/C20H31N5O/c1-16-13-20(26-22-16)19-7-6-10-24(19)15-18-14-21-25(17(18)2)12-11-23-8-4-3-5-9-23/h13-14,19H,3-12,15H2,1-2H3/t19-/m1/s1. The van der Waals surface area contributed by atoms with Gasteiger partial charge < -0.3 is 9.42 Å². The Bertz CT molecular complexity index is 716. The highest BCUT2D eigenvalue weighted by Crippen LogP contribution is 2.33. The van der Waals surface area contributed by atoms with Crippen LogP contribution in [0, 0.1) is 13.8 Å². The molecule has 2 aliphatic rings. The fraction of sp³-hybridized carbons (Fsp3) is 0.700. The van der Waals surface area contributed by atoms with Crippen LogP contribution in [0.5, 0.6) is 0 Å². The molecule has 26 heavy (non-hydrogen) atoms. The highest BCUT2D eigenvalue weighted by Gasteiger charge is 2.29. The van der Waals surface area contributed by atoms with Gasteiger partial charge in [-0.1, -0.05) is 11.6 Å². The third-order valence-electron chi connectivity index (χ3n) is 5.99. The number of aryl methyl sites for hydroxylation is 1. The van der Waals surface area contributed by atoms with Crippen molar-refractivity contribution in [3.05, 3.63) is 35.0 Å². The molecule has 1 atom stereocenters. The van der Waals surface area contributed by atoms with Gasteiger partial charge in [0.1, 0.15) is 0 Å². The van der Waals surface area contributed by atoms with Crippen molar-refractivity contribution in [1.82, 2.24) is 24.7 Å².